The molecule has 1 aromatic heterocycles. The number of hydrazine groups is 1. The second kappa shape index (κ2) is 8.45. The van der Waals surface area contributed by atoms with Gasteiger partial charge in [-0.15, -0.1) is 0 Å². The third-order valence-corrected chi connectivity index (χ3v) is 5.67. The van der Waals surface area contributed by atoms with Crippen LogP contribution in [0.25, 0.3) is 16.9 Å². The van der Waals surface area contributed by atoms with E-state index in [1.54, 1.807) is 12.1 Å². The highest BCUT2D eigenvalue weighted by molar-refractivity contribution is 5.63. The van der Waals surface area contributed by atoms with E-state index in [2.05, 4.69) is 49.1 Å². The first-order chi connectivity index (χ1) is 14.0. The normalized spacial score (nSPS) is 21.6. The molecule has 3 aromatic rings. The van der Waals surface area contributed by atoms with Crippen molar-refractivity contribution in [1.82, 2.24) is 25.9 Å². The lowest BCUT2D eigenvalue weighted by Gasteiger charge is -2.18. The Labute approximate surface area is 171 Å². The molecule has 0 amide bonds. The Morgan fingerprint density at radius 1 is 1.07 bits per heavy atom. The third kappa shape index (κ3) is 4.40. The molecule has 0 bridgehead atoms. The highest BCUT2D eigenvalue weighted by Gasteiger charge is 2.29. The van der Waals surface area contributed by atoms with Crippen LogP contribution in [0.1, 0.15) is 25.0 Å². The maximum atomic E-state index is 13.8. The van der Waals surface area contributed by atoms with Crippen LogP contribution in [0.4, 0.5) is 4.39 Å². The van der Waals surface area contributed by atoms with Crippen molar-refractivity contribution in [3.05, 3.63) is 71.7 Å². The van der Waals surface area contributed by atoms with Crippen molar-refractivity contribution in [2.24, 2.45) is 5.92 Å². The van der Waals surface area contributed by atoms with E-state index in [1.165, 1.54) is 11.6 Å². The first-order valence-corrected chi connectivity index (χ1v) is 10.1. The first kappa shape index (κ1) is 19.8. The Bertz CT molecular complexity index is 973. The molecule has 0 saturated carbocycles. The highest BCUT2D eigenvalue weighted by Crippen LogP contribution is 2.25. The Morgan fingerprint density at radius 3 is 2.55 bits per heavy atom. The van der Waals surface area contributed by atoms with Crippen molar-refractivity contribution >= 4 is 0 Å². The summed E-state index contributed by atoms with van der Waals surface area (Å²) in [6.45, 7) is 8.01. The molecule has 2 heterocycles. The topological polar surface area (TPSA) is 53.9 Å². The summed E-state index contributed by atoms with van der Waals surface area (Å²) in [5, 5.41) is 8.38. The number of benzene rings is 2. The van der Waals surface area contributed by atoms with E-state index in [-0.39, 0.29) is 5.82 Å². The van der Waals surface area contributed by atoms with Crippen LogP contribution in [0.15, 0.2) is 54.7 Å². The van der Waals surface area contributed by atoms with Gasteiger partial charge in [-0.05, 0) is 50.6 Å². The predicted octanol–water partition coefficient (Wildman–Crippen LogP) is 3.58. The first-order valence-electron chi connectivity index (χ1n) is 10.1. The van der Waals surface area contributed by atoms with Crippen LogP contribution in [0, 0.1) is 18.7 Å². The number of halogens is 1. The number of hydrogen-bond acceptors (Lipinski definition) is 4. The largest absolute Gasteiger partial charge is 0.312 e. The second-order valence-corrected chi connectivity index (χ2v) is 7.96. The summed E-state index contributed by atoms with van der Waals surface area (Å²) in [5.41, 5.74) is 11.4. The molecule has 2 aromatic carbocycles. The minimum absolute atomic E-state index is 0.253. The molecular formula is C23H28FN5. The Morgan fingerprint density at radius 2 is 1.83 bits per heavy atom. The van der Waals surface area contributed by atoms with E-state index >= 15 is 0 Å². The van der Waals surface area contributed by atoms with Crippen molar-refractivity contribution in [2.45, 2.75) is 39.4 Å². The van der Waals surface area contributed by atoms with Gasteiger partial charge in [0.25, 0.3) is 0 Å². The Hall–Kier alpha value is -2.54. The third-order valence-electron chi connectivity index (χ3n) is 5.67. The number of nitrogens with zero attached hydrogens (tertiary/aromatic N) is 2. The van der Waals surface area contributed by atoms with Crippen molar-refractivity contribution in [1.29, 1.82) is 0 Å². The van der Waals surface area contributed by atoms with Crippen molar-refractivity contribution < 1.29 is 4.39 Å². The average Bonchev–Trinajstić information content (AvgIpc) is 3.26. The van der Waals surface area contributed by atoms with Crippen LogP contribution in [0.5, 0.6) is 0 Å². The summed E-state index contributed by atoms with van der Waals surface area (Å²) in [6, 6.07) is 15.7. The molecule has 0 spiro atoms. The molecule has 1 saturated heterocycles. The van der Waals surface area contributed by atoms with Crippen LogP contribution in [-0.2, 0) is 6.54 Å². The average molecular weight is 394 g/mol. The second-order valence-electron chi connectivity index (χ2n) is 7.96. The standard InChI is InChI=1S/C23H28FN5/c1-15-6-4-9-21(10-15)29-14-19(12-25-13-22-16(2)26-27-17(22)3)23(28-29)18-7-5-8-20(24)11-18/h4-11,14,16-17,22,25-27H,12-13H2,1-3H3. The van der Waals surface area contributed by atoms with Gasteiger partial charge < -0.3 is 5.32 Å². The summed E-state index contributed by atoms with van der Waals surface area (Å²) in [5.74, 6) is 0.247. The van der Waals surface area contributed by atoms with Crippen molar-refractivity contribution in [3.8, 4) is 16.9 Å². The lowest BCUT2D eigenvalue weighted by Crippen LogP contribution is -2.33. The van der Waals surface area contributed by atoms with Gasteiger partial charge in [-0.3, -0.25) is 10.9 Å². The zero-order chi connectivity index (χ0) is 20.4. The van der Waals surface area contributed by atoms with E-state index in [0.29, 0.717) is 24.5 Å². The molecule has 1 aliphatic rings. The Balaban J connectivity index is 1.60. The minimum atomic E-state index is -0.253. The van der Waals surface area contributed by atoms with Gasteiger partial charge in [-0.25, -0.2) is 9.07 Å². The fourth-order valence-electron chi connectivity index (χ4n) is 3.96. The SMILES string of the molecule is Cc1cccc(-n2cc(CNCC3C(C)NNC3C)c(-c3cccc(F)c3)n2)c1. The highest BCUT2D eigenvalue weighted by atomic mass is 19.1. The molecule has 1 fully saturated rings. The Kier molecular flexibility index (Phi) is 5.76. The summed E-state index contributed by atoms with van der Waals surface area (Å²) >= 11 is 0. The van der Waals surface area contributed by atoms with Crippen molar-refractivity contribution in [3.63, 3.8) is 0 Å². The molecule has 4 rings (SSSR count). The quantitative estimate of drug-likeness (QED) is 0.599. The molecule has 0 aliphatic carbocycles. The monoisotopic (exact) mass is 393 g/mol. The van der Waals surface area contributed by atoms with Gasteiger partial charge in [-0.1, -0.05) is 24.3 Å². The predicted molar refractivity (Wildman–Crippen MR) is 114 cm³/mol. The van der Waals surface area contributed by atoms with E-state index in [0.717, 1.165) is 29.1 Å². The zero-order valence-electron chi connectivity index (χ0n) is 17.1. The zero-order valence-corrected chi connectivity index (χ0v) is 17.1. The van der Waals surface area contributed by atoms with Crippen LogP contribution in [0.2, 0.25) is 0 Å². The van der Waals surface area contributed by atoms with Gasteiger partial charge in [0, 0.05) is 48.4 Å². The van der Waals surface area contributed by atoms with E-state index in [1.807, 2.05) is 29.1 Å². The molecule has 1 aliphatic heterocycles. The molecule has 2 atom stereocenters. The van der Waals surface area contributed by atoms with Crippen LogP contribution in [-0.4, -0.2) is 28.4 Å². The van der Waals surface area contributed by atoms with Crippen LogP contribution >= 0.6 is 0 Å². The van der Waals surface area contributed by atoms with Crippen LogP contribution in [0.3, 0.4) is 0 Å². The van der Waals surface area contributed by atoms with Gasteiger partial charge in [-0.2, -0.15) is 5.10 Å². The van der Waals surface area contributed by atoms with Crippen LogP contribution < -0.4 is 16.2 Å². The molecule has 6 heteroatoms. The molecule has 29 heavy (non-hydrogen) atoms. The fraction of sp³-hybridized carbons (Fsp3) is 0.348. The molecule has 152 valence electrons. The van der Waals surface area contributed by atoms with Crippen molar-refractivity contribution in [2.75, 3.05) is 6.54 Å². The number of aromatic nitrogens is 2. The van der Waals surface area contributed by atoms with E-state index in [4.69, 9.17) is 5.10 Å². The fourth-order valence-corrected chi connectivity index (χ4v) is 3.96. The van der Waals surface area contributed by atoms with Gasteiger partial charge in [0.05, 0.1) is 11.4 Å². The van der Waals surface area contributed by atoms with Gasteiger partial charge >= 0.3 is 0 Å². The molecular weight excluding hydrogens is 365 g/mol. The number of nitrogens with one attached hydrogen (secondary N) is 3. The maximum absolute atomic E-state index is 13.8. The molecule has 5 nitrogen and oxygen atoms in total. The van der Waals surface area contributed by atoms with E-state index in [9.17, 15) is 4.39 Å². The summed E-state index contributed by atoms with van der Waals surface area (Å²) in [6.07, 6.45) is 2.04. The number of aryl methyl sites for hydroxylation is 1. The minimum Gasteiger partial charge on any atom is -0.312 e. The van der Waals surface area contributed by atoms with E-state index < -0.39 is 0 Å². The summed E-state index contributed by atoms with van der Waals surface area (Å²) < 4.78 is 15.7. The van der Waals surface area contributed by atoms with Gasteiger partial charge in [0.2, 0.25) is 0 Å². The number of hydrogen-bond donors (Lipinski definition) is 3. The lowest BCUT2D eigenvalue weighted by molar-refractivity contribution is 0.412. The molecule has 2 unspecified atom stereocenters. The lowest BCUT2D eigenvalue weighted by atomic mass is 9.96. The van der Waals surface area contributed by atoms with Gasteiger partial charge in [0.15, 0.2) is 0 Å². The summed E-state index contributed by atoms with van der Waals surface area (Å²) in [7, 11) is 0. The smallest absolute Gasteiger partial charge is 0.123 e. The molecule has 3 N–H and O–H groups in total. The van der Waals surface area contributed by atoms with Gasteiger partial charge in [0.1, 0.15) is 5.82 Å². The number of rotatable bonds is 6. The summed E-state index contributed by atoms with van der Waals surface area (Å²) in [4.78, 5) is 0. The molecule has 0 radical (unpaired) electrons. The maximum Gasteiger partial charge on any atom is 0.123 e.